The molecule has 0 aromatic carbocycles. The van der Waals surface area contributed by atoms with Gasteiger partial charge in [0.15, 0.2) is 11.6 Å². The monoisotopic (exact) mass is 737 g/mol. The van der Waals surface area contributed by atoms with E-state index in [1.54, 1.807) is 0 Å². The van der Waals surface area contributed by atoms with E-state index >= 15 is 0 Å². The molecule has 0 bridgehead atoms. The summed E-state index contributed by atoms with van der Waals surface area (Å²) >= 11 is 0. The second kappa shape index (κ2) is 19.8. The van der Waals surface area contributed by atoms with Crippen LogP contribution in [0.25, 0.3) is 0 Å². The summed E-state index contributed by atoms with van der Waals surface area (Å²) in [5, 5.41) is 8.42. The molecule has 0 spiro atoms. The van der Waals surface area contributed by atoms with Crippen LogP contribution in [-0.2, 0) is 38.2 Å². The van der Waals surface area contributed by atoms with Crippen LogP contribution >= 0.6 is 0 Å². The zero-order valence-corrected chi connectivity index (χ0v) is 32.1. The number of allylic oxidation sites excluding steroid dienone is 1. The average Bonchev–Trinajstić information content (AvgIpc) is 3.45. The van der Waals surface area contributed by atoms with E-state index in [0.717, 1.165) is 44.9 Å². The van der Waals surface area contributed by atoms with E-state index in [0.29, 0.717) is 83.9 Å². The van der Waals surface area contributed by atoms with Gasteiger partial charge in [0.2, 0.25) is 17.7 Å². The Balaban J connectivity index is 1.54. The van der Waals surface area contributed by atoms with Crippen molar-refractivity contribution in [2.24, 2.45) is 28.6 Å². The lowest BCUT2D eigenvalue weighted by Gasteiger charge is -2.61. The highest BCUT2D eigenvalue weighted by Gasteiger charge is 2.69. The van der Waals surface area contributed by atoms with E-state index in [1.165, 1.54) is 23.8 Å². The molecule has 294 valence electrons. The molecule has 0 heterocycles. The maximum absolute atomic E-state index is 14.6. The van der Waals surface area contributed by atoms with Gasteiger partial charge in [0, 0.05) is 51.3 Å². The van der Waals surface area contributed by atoms with Gasteiger partial charge in [-0.05, 0) is 125 Å². The summed E-state index contributed by atoms with van der Waals surface area (Å²) in [6.45, 7) is 17.9. The van der Waals surface area contributed by atoms with E-state index in [9.17, 15) is 24.0 Å². The van der Waals surface area contributed by atoms with Crippen molar-refractivity contribution in [2.75, 3.05) is 46.1 Å². The fourth-order valence-corrected chi connectivity index (χ4v) is 9.97. The van der Waals surface area contributed by atoms with Crippen LogP contribution in [0.2, 0.25) is 0 Å². The van der Waals surface area contributed by atoms with E-state index in [4.69, 9.17) is 14.2 Å². The third-order valence-corrected chi connectivity index (χ3v) is 12.7. The van der Waals surface area contributed by atoms with Crippen LogP contribution in [0.3, 0.4) is 0 Å². The summed E-state index contributed by atoms with van der Waals surface area (Å²) < 4.78 is 19.8. The van der Waals surface area contributed by atoms with Crippen molar-refractivity contribution in [1.82, 2.24) is 16.0 Å². The molecule has 7 atom stereocenters. The van der Waals surface area contributed by atoms with Gasteiger partial charge in [-0.2, -0.15) is 0 Å². The number of ketones is 2. The number of hydrogen-bond acceptors (Lipinski definition) is 8. The molecule has 1 unspecified atom stereocenters. The first-order chi connectivity index (χ1) is 25.5. The summed E-state index contributed by atoms with van der Waals surface area (Å²) in [5.74, 6) is 0.315. The number of unbranched alkanes of at least 4 members (excludes halogenated alkanes) is 3. The van der Waals surface area contributed by atoms with Crippen LogP contribution in [0.4, 0.5) is 0 Å². The van der Waals surface area contributed by atoms with E-state index in [2.05, 4.69) is 49.5 Å². The zero-order chi connectivity index (χ0) is 38.5. The van der Waals surface area contributed by atoms with Gasteiger partial charge in [-0.15, -0.1) is 0 Å². The Morgan fingerprint density at radius 3 is 1.98 bits per heavy atom. The van der Waals surface area contributed by atoms with Crippen molar-refractivity contribution in [1.29, 1.82) is 0 Å². The Labute approximate surface area is 316 Å². The summed E-state index contributed by atoms with van der Waals surface area (Å²) in [6, 6.07) is 0. The first-order valence-electron chi connectivity index (χ1n) is 19.8. The number of carbonyl (C=O) groups is 5. The number of rotatable bonds is 23. The van der Waals surface area contributed by atoms with Crippen molar-refractivity contribution >= 4 is 29.3 Å². The van der Waals surface area contributed by atoms with Crippen LogP contribution < -0.4 is 16.0 Å². The van der Waals surface area contributed by atoms with Crippen LogP contribution in [0.15, 0.2) is 49.6 Å². The molecule has 11 nitrogen and oxygen atoms in total. The maximum Gasteiger partial charge on any atom is 0.243 e. The topological polar surface area (TPSA) is 149 Å². The lowest BCUT2D eigenvalue weighted by atomic mass is 9.45. The lowest BCUT2D eigenvalue weighted by Crippen LogP contribution is -2.63. The standard InChI is InChI=1S/C42H63N3O8/c1-6-36(48)43-21-9-12-24-51-29-35(47)42(53-26-14-11-23-45-38(50)8-3)20-18-33-32-16-15-30-27-31(46)17-19-40(30,4)39(32)34(28-41(33,42)5)52-25-13-10-22-44-37(49)7-2/h6-8,27,32-34,39H,1-3,9-26,28-29H2,4-5H3,(H,43,48)(H,44,49)(H,45,50)/t32-,33-,34?,39+,40-,41-,42-/m0/s1. The zero-order valence-electron chi connectivity index (χ0n) is 32.1. The summed E-state index contributed by atoms with van der Waals surface area (Å²) in [5.41, 5.74) is -0.468. The second-order valence-corrected chi connectivity index (χ2v) is 15.7. The normalized spacial score (nSPS) is 30.2. The number of hydrogen-bond donors (Lipinski definition) is 3. The van der Waals surface area contributed by atoms with Gasteiger partial charge in [0.05, 0.1) is 6.10 Å². The first kappa shape index (κ1) is 42.3. The summed E-state index contributed by atoms with van der Waals surface area (Å²) in [6.07, 6.45) is 15.2. The van der Waals surface area contributed by atoms with Crippen molar-refractivity contribution in [3.8, 4) is 0 Å². The molecule has 3 saturated carbocycles. The Bertz CT molecular complexity index is 1390. The molecule has 4 aliphatic rings. The predicted molar refractivity (Wildman–Crippen MR) is 204 cm³/mol. The smallest absolute Gasteiger partial charge is 0.243 e. The molecule has 0 radical (unpaired) electrons. The summed E-state index contributed by atoms with van der Waals surface area (Å²) in [4.78, 5) is 62.0. The number of nitrogens with one attached hydrogen (secondary N) is 3. The van der Waals surface area contributed by atoms with E-state index < -0.39 is 11.0 Å². The maximum atomic E-state index is 14.6. The average molecular weight is 738 g/mol. The van der Waals surface area contributed by atoms with Gasteiger partial charge in [0.25, 0.3) is 0 Å². The quantitative estimate of drug-likeness (QED) is 0.0970. The minimum atomic E-state index is -1.05. The predicted octanol–water partition coefficient (Wildman–Crippen LogP) is 5.10. The molecule has 0 aliphatic heterocycles. The highest BCUT2D eigenvalue weighted by Crippen LogP contribution is 2.69. The molecule has 0 aromatic rings. The second-order valence-electron chi connectivity index (χ2n) is 15.7. The van der Waals surface area contributed by atoms with Crippen molar-refractivity contribution < 1.29 is 38.2 Å². The Kier molecular flexibility index (Phi) is 15.8. The number of ether oxygens (including phenoxy) is 3. The molecular formula is C42H63N3O8. The Morgan fingerprint density at radius 2 is 1.38 bits per heavy atom. The van der Waals surface area contributed by atoms with Crippen LogP contribution in [0.5, 0.6) is 0 Å². The third kappa shape index (κ3) is 10.0. The number of amides is 3. The largest absolute Gasteiger partial charge is 0.378 e. The molecule has 3 amide bonds. The van der Waals surface area contributed by atoms with Gasteiger partial charge in [-0.1, -0.05) is 39.2 Å². The molecule has 11 heteroatoms. The minimum absolute atomic E-state index is 0.0385. The van der Waals surface area contributed by atoms with Gasteiger partial charge in [-0.25, -0.2) is 0 Å². The molecule has 4 aliphatic carbocycles. The SMILES string of the molecule is C=CC(=O)NCCCCOCC(=O)[C@@]1(OCCCCNC(=O)C=C)CC[C@H]2[C@@H]3CCC4=CC(=O)CC[C@]4(C)[C@H]3C(OCCCCNC(=O)C=C)C[C@@]21C. The van der Waals surface area contributed by atoms with Gasteiger partial charge < -0.3 is 30.2 Å². The Morgan fingerprint density at radius 1 is 0.792 bits per heavy atom. The van der Waals surface area contributed by atoms with Crippen LogP contribution in [0.1, 0.15) is 97.3 Å². The highest BCUT2D eigenvalue weighted by molar-refractivity contribution is 5.92. The number of Topliss-reactive ketones (excluding diaryl/α,β-unsaturated/α-hetero) is 1. The first-order valence-corrected chi connectivity index (χ1v) is 19.8. The molecule has 3 N–H and O–H groups in total. The molecular weight excluding hydrogens is 674 g/mol. The molecule has 0 aromatic heterocycles. The minimum Gasteiger partial charge on any atom is -0.378 e. The van der Waals surface area contributed by atoms with Gasteiger partial charge in [0.1, 0.15) is 12.2 Å². The molecule has 53 heavy (non-hydrogen) atoms. The van der Waals surface area contributed by atoms with Gasteiger partial charge in [-0.3, -0.25) is 24.0 Å². The van der Waals surface area contributed by atoms with Gasteiger partial charge >= 0.3 is 0 Å². The van der Waals surface area contributed by atoms with Crippen LogP contribution in [0, 0.1) is 28.6 Å². The molecule has 4 rings (SSSR count). The third-order valence-electron chi connectivity index (χ3n) is 12.7. The van der Waals surface area contributed by atoms with Crippen molar-refractivity contribution in [3.05, 3.63) is 49.6 Å². The molecule has 0 saturated heterocycles. The summed E-state index contributed by atoms with van der Waals surface area (Å²) in [7, 11) is 0. The Hall–Kier alpha value is -3.41. The van der Waals surface area contributed by atoms with Crippen molar-refractivity contribution in [2.45, 2.75) is 109 Å². The van der Waals surface area contributed by atoms with Crippen LogP contribution in [-0.4, -0.2) is 87.1 Å². The fraction of sp³-hybridized carbons (Fsp3) is 0.690. The fourth-order valence-electron chi connectivity index (χ4n) is 9.97. The number of fused-ring (bicyclic) bond motifs is 5. The number of carbonyl (C=O) groups excluding carboxylic acids is 5. The van der Waals surface area contributed by atoms with E-state index in [-0.39, 0.29) is 59.2 Å². The van der Waals surface area contributed by atoms with E-state index in [1.807, 2.05) is 6.08 Å². The highest BCUT2D eigenvalue weighted by atomic mass is 16.5. The lowest BCUT2D eigenvalue weighted by molar-refractivity contribution is -0.204. The molecule has 3 fully saturated rings. The van der Waals surface area contributed by atoms with Crippen molar-refractivity contribution in [3.63, 3.8) is 0 Å².